The maximum atomic E-state index is 13.9. The Bertz CT molecular complexity index is 351. The number of benzene rings is 1. The summed E-state index contributed by atoms with van der Waals surface area (Å²) in [5.74, 6) is -0.301. The number of alkyl halides is 1. The third-order valence-corrected chi connectivity index (χ3v) is 2.88. The van der Waals surface area contributed by atoms with Crippen molar-refractivity contribution < 1.29 is 8.78 Å². The topological polar surface area (TPSA) is 26.0 Å². The Kier molecular flexibility index (Phi) is 2.27. The number of hydrogen-bond acceptors (Lipinski definition) is 1. The highest BCUT2D eigenvalue weighted by Gasteiger charge is 2.32. The molecule has 0 aromatic heterocycles. The summed E-state index contributed by atoms with van der Waals surface area (Å²) in [6.45, 7) is 0.0168. The lowest BCUT2D eigenvalue weighted by molar-refractivity contribution is 0.151. The Balaban J connectivity index is 2.33. The number of aryl methyl sites for hydroxylation is 1. The Morgan fingerprint density at radius 2 is 2.14 bits per heavy atom. The minimum atomic E-state index is -1.33. The van der Waals surface area contributed by atoms with E-state index >= 15 is 0 Å². The van der Waals surface area contributed by atoms with Crippen molar-refractivity contribution in [3.8, 4) is 0 Å². The standard InChI is InChI=1S/C11H13F2N/c12-10-2-1-8-3-4-11(13,7-14)6-9(8)5-10/h1-2,5H,3-4,6-7,14H2. The van der Waals surface area contributed by atoms with Gasteiger partial charge < -0.3 is 5.73 Å². The minimum absolute atomic E-state index is 0.0168. The van der Waals surface area contributed by atoms with Gasteiger partial charge in [-0.1, -0.05) is 6.07 Å². The molecule has 1 aromatic rings. The summed E-state index contributed by atoms with van der Waals surface area (Å²) in [7, 11) is 0. The van der Waals surface area contributed by atoms with Crippen molar-refractivity contribution in [2.75, 3.05) is 6.54 Å². The van der Waals surface area contributed by atoms with Crippen molar-refractivity contribution >= 4 is 0 Å². The van der Waals surface area contributed by atoms with E-state index in [0.717, 1.165) is 11.1 Å². The molecule has 1 unspecified atom stereocenters. The monoisotopic (exact) mass is 197 g/mol. The van der Waals surface area contributed by atoms with Crippen LogP contribution < -0.4 is 5.73 Å². The quantitative estimate of drug-likeness (QED) is 0.732. The van der Waals surface area contributed by atoms with Gasteiger partial charge in [0.15, 0.2) is 0 Å². The molecule has 1 aromatic carbocycles. The van der Waals surface area contributed by atoms with Crippen LogP contribution in [0.15, 0.2) is 18.2 Å². The van der Waals surface area contributed by atoms with Gasteiger partial charge in [0.2, 0.25) is 0 Å². The number of hydrogen-bond donors (Lipinski definition) is 1. The van der Waals surface area contributed by atoms with Crippen molar-refractivity contribution in [2.45, 2.75) is 24.9 Å². The summed E-state index contributed by atoms with van der Waals surface area (Å²) in [5, 5.41) is 0. The first kappa shape index (κ1) is 9.59. The molecule has 1 atom stereocenters. The van der Waals surface area contributed by atoms with Gasteiger partial charge in [-0.2, -0.15) is 0 Å². The van der Waals surface area contributed by atoms with Gasteiger partial charge in [-0.3, -0.25) is 0 Å². The average molecular weight is 197 g/mol. The van der Waals surface area contributed by atoms with Crippen molar-refractivity contribution in [1.29, 1.82) is 0 Å². The fourth-order valence-corrected chi connectivity index (χ4v) is 1.97. The summed E-state index contributed by atoms with van der Waals surface area (Å²) in [5.41, 5.74) is 5.85. The smallest absolute Gasteiger partial charge is 0.127 e. The second-order valence-corrected chi connectivity index (χ2v) is 3.94. The largest absolute Gasteiger partial charge is 0.328 e. The summed E-state index contributed by atoms with van der Waals surface area (Å²) in [6, 6.07) is 4.58. The van der Waals surface area contributed by atoms with Crippen LogP contribution in [0.1, 0.15) is 17.5 Å². The Morgan fingerprint density at radius 1 is 1.36 bits per heavy atom. The van der Waals surface area contributed by atoms with E-state index in [4.69, 9.17) is 5.73 Å². The van der Waals surface area contributed by atoms with Crippen LogP contribution in [0.25, 0.3) is 0 Å². The van der Waals surface area contributed by atoms with Crippen LogP contribution in [0.4, 0.5) is 8.78 Å². The Morgan fingerprint density at radius 3 is 2.86 bits per heavy atom. The zero-order valence-corrected chi connectivity index (χ0v) is 7.89. The summed E-state index contributed by atoms with van der Waals surface area (Å²) >= 11 is 0. The van der Waals surface area contributed by atoms with Crippen molar-refractivity contribution in [3.05, 3.63) is 35.1 Å². The number of fused-ring (bicyclic) bond motifs is 1. The second kappa shape index (κ2) is 3.31. The molecule has 76 valence electrons. The molecule has 3 heteroatoms. The van der Waals surface area contributed by atoms with Gasteiger partial charge in [0.25, 0.3) is 0 Å². The third kappa shape index (κ3) is 1.64. The van der Waals surface area contributed by atoms with E-state index in [-0.39, 0.29) is 18.8 Å². The molecule has 0 amide bonds. The second-order valence-electron chi connectivity index (χ2n) is 3.94. The number of halogens is 2. The van der Waals surface area contributed by atoms with E-state index in [2.05, 4.69) is 0 Å². The van der Waals surface area contributed by atoms with Crippen LogP contribution in [0, 0.1) is 5.82 Å². The zero-order chi connectivity index (χ0) is 10.2. The lowest BCUT2D eigenvalue weighted by Gasteiger charge is -2.29. The van der Waals surface area contributed by atoms with Crippen LogP contribution in [0.2, 0.25) is 0 Å². The maximum absolute atomic E-state index is 13.9. The van der Waals surface area contributed by atoms with Crippen LogP contribution in [-0.2, 0) is 12.8 Å². The van der Waals surface area contributed by atoms with Gasteiger partial charge in [0.1, 0.15) is 11.5 Å². The summed E-state index contributed by atoms with van der Waals surface area (Å²) in [4.78, 5) is 0. The lowest BCUT2D eigenvalue weighted by Crippen LogP contribution is -2.38. The van der Waals surface area contributed by atoms with Gasteiger partial charge in [-0.25, -0.2) is 8.78 Å². The first-order valence-electron chi connectivity index (χ1n) is 4.79. The van der Waals surface area contributed by atoms with E-state index < -0.39 is 5.67 Å². The molecule has 0 saturated heterocycles. The normalized spacial score (nSPS) is 25.9. The molecular weight excluding hydrogens is 184 g/mol. The van der Waals surface area contributed by atoms with Crippen molar-refractivity contribution in [2.24, 2.45) is 5.73 Å². The fourth-order valence-electron chi connectivity index (χ4n) is 1.97. The molecule has 0 aliphatic heterocycles. The van der Waals surface area contributed by atoms with Crippen molar-refractivity contribution in [1.82, 2.24) is 0 Å². The SMILES string of the molecule is NCC1(F)CCc2ccc(F)cc2C1. The molecule has 1 aliphatic carbocycles. The van der Waals surface area contributed by atoms with Gasteiger partial charge >= 0.3 is 0 Å². The Hall–Kier alpha value is -0.960. The van der Waals surface area contributed by atoms with Gasteiger partial charge in [0, 0.05) is 13.0 Å². The van der Waals surface area contributed by atoms with E-state index in [9.17, 15) is 8.78 Å². The van der Waals surface area contributed by atoms with Gasteiger partial charge in [0.05, 0.1) is 0 Å². The van der Waals surface area contributed by atoms with Gasteiger partial charge in [-0.05, 0) is 36.1 Å². The molecule has 0 radical (unpaired) electrons. The summed E-state index contributed by atoms with van der Waals surface area (Å²) < 4.78 is 26.8. The number of rotatable bonds is 1. The highest BCUT2D eigenvalue weighted by molar-refractivity contribution is 5.32. The lowest BCUT2D eigenvalue weighted by atomic mass is 9.82. The van der Waals surface area contributed by atoms with Crippen LogP contribution in [0.3, 0.4) is 0 Å². The van der Waals surface area contributed by atoms with E-state index in [1.54, 1.807) is 6.07 Å². The molecule has 2 N–H and O–H groups in total. The fraction of sp³-hybridized carbons (Fsp3) is 0.455. The molecule has 0 fully saturated rings. The van der Waals surface area contributed by atoms with Crippen LogP contribution >= 0.6 is 0 Å². The maximum Gasteiger partial charge on any atom is 0.127 e. The van der Waals surface area contributed by atoms with Crippen LogP contribution in [0.5, 0.6) is 0 Å². The molecule has 1 aliphatic rings. The number of nitrogens with two attached hydrogens (primary N) is 1. The van der Waals surface area contributed by atoms with Crippen LogP contribution in [-0.4, -0.2) is 12.2 Å². The predicted octanol–water partition coefficient (Wildman–Crippen LogP) is 1.98. The third-order valence-electron chi connectivity index (χ3n) is 2.88. The molecule has 1 nitrogen and oxygen atoms in total. The first-order valence-corrected chi connectivity index (χ1v) is 4.79. The highest BCUT2D eigenvalue weighted by atomic mass is 19.1. The van der Waals surface area contributed by atoms with Gasteiger partial charge in [-0.15, -0.1) is 0 Å². The zero-order valence-electron chi connectivity index (χ0n) is 7.89. The molecule has 2 rings (SSSR count). The Labute approximate surface area is 81.9 Å². The summed E-state index contributed by atoms with van der Waals surface area (Å²) in [6.07, 6.45) is 1.35. The molecule has 0 bridgehead atoms. The molecule has 0 spiro atoms. The first-order chi connectivity index (χ1) is 6.63. The minimum Gasteiger partial charge on any atom is -0.328 e. The van der Waals surface area contributed by atoms with E-state index in [1.165, 1.54) is 12.1 Å². The van der Waals surface area contributed by atoms with E-state index in [1.807, 2.05) is 0 Å². The molecule has 0 saturated carbocycles. The highest BCUT2D eigenvalue weighted by Crippen LogP contribution is 2.31. The molecule has 0 heterocycles. The van der Waals surface area contributed by atoms with E-state index in [0.29, 0.717) is 12.8 Å². The molecule has 14 heavy (non-hydrogen) atoms. The molecular formula is C11H13F2N. The van der Waals surface area contributed by atoms with Crippen molar-refractivity contribution in [3.63, 3.8) is 0 Å². The average Bonchev–Trinajstić information content (AvgIpc) is 2.17. The predicted molar refractivity (Wildman–Crippen MR) is 51.3 cm³/mol.